The zero-order valence-electron chi connectivity index (χ0n) is 10.4. The number of carbonyl (C=O) groups excluding carboxylic acids is 1. The zero-order valence-corrected chi connectivity index (χ0v) is 12.9. The summed E-state index contributed by atoms with van der Waals surface area (Å²) in [4.78, 5) is 12.2. The quantitative estimate of drug-likeness (QED) is 0.688. The van der Waals surface area contributed by atoms with Gasteiger partial charge < -0.3 is 0 Å². The molecule has 0 radical (unpaired) electrons. The highest BCUT2D eigenvalue weighted by Crippen LogP contribution is 2.46. The molecule has 0 fully saturated rings. The molecular formula is C13H13ClO3S2. The smallest absolute Gasteiger partial charge is 0.252 e. The maximum Gasteiger partial charge on any atom is 0.252 e. The van der Waals surface area contributed by atoms with Crippen molar-refractivity contribution in [1.29, 1.82) is 0 Å². The predicted octanol–water partition coefficient (Wildman–Crippen LogP) is 3.18. The van der Waals surface area contributed by atoms with Crippen LogP contribution in [0.1, 0.15) is 15.9 Å². The van der Waals surface area contributed by atoms with E-state index in [1.54, 1.807) is 13.0 Å². The molecule has 1 heterocycles. The van der Waals surface area contributed by atoms with Crippen LogP contribution in [0.2, 0.25) is 0 Å². The molecule has 0 bridgehead atoms. The summed E-state index contributed by atoms with van der Waals surface area (Å²) < 4.78 is 23.8. The monoisotopic (exact) mass is 316 g/mol. The van der Waals surface area contributed by atoms with Crippen LogP contribution < -0.4 is 0 Å². The van der Waals surface area contributed by atoms with Crippen LogP contribution in [0, 0.1) is 6.92 Å². The van der Waals surface area contributed by atoms with E-state index in [9.17, 15) is 13.2 Å². The van der Waals surface area contributed by atoms with E-state index in [-0.39, 0.29) is 10.5 Å². The van der Waals surface area contributed by atoms with Crippen LogP contribution in [0.25, 0.3) is 0 Å². The third kappa shape index (κ3) is 2.94. The number of hydrogen-bond acceptors (Lipinski definition) is 3. The zero-order chi connectivity index (χ0) is 14.2. The van der Waals surface area contributed by atoms with E-state index in [2.05, 4.69) is 0 Å². The number of thiol groups is 1. The molecule has 1 aliphatic heterocycles. The van der Waals surface area contributed by atoms with Crippen molar-refractivity contribution in [3.63, 3.8) is 0 Å². The van der Waals surface area contributed by atoms with Gasteiger partial charge in [-0.05, 0) is 47.0 Å². The largest absolute Gasteiger partial charge is 0.276 e. The van der Waals surface area contributed by atoms with Crippen LogP contribution in [0.4, 0.5) is 0 Å². The lowest BCUT2D eigenvalue weighted by molar-refractivity contribution is 0.108. The molecule has 1 aromatic carbocycles. The predicted molar refractivity (Wildman–Crippen MR) is 80.0 cm³/mol. The number of aryl methyl sites for hydroxylation is 1. The van der Waals surface area contributed by atoms with E-state index in [0.29, 0.717) is 5.56 Å². The summed E-state index contributed by atoms with van der Waals surface area (Å²) in [6.07, 6.45) is 4.93. The van der Waals surface area contributed by atoms with E-state index >= 15 is 0 Å². The van der Waals surface area contributed by atoms with Crippen molar-refractivity contribution in [3.05, 3.63) is 46.2 Å². The second-order valence-corrected chi connectivity index (χ2v) is 8.49. The van der Waals surface area contributed by atoms with Gasteiger partial charge in [0.05, 0.1) is 4.90 Å². The molecule has 0 aromatic heterocycles. The molecule has 0 atom stereocenters. The minimum atomic E-state index is -3.41. The molecule has 3 nitrogen and oxygen atoms in total. The van der Waals surface area contributed by atoms with Crippen LogP contribution in [-0.4, -0.2) is 19.9 Å². The second kappa shape index (κ2) is 5.15. The van der Waals surface area contributed by atoms with Crippen molar-refractivity contribution >= 4 is 37.6 Å². The third-order valence-electron chi connectivity index (χ3n) is 2.80. The highest BCUT2D eigenvalue weighted by molar-refractivity contribution is 8.22. The maximum atomic E-state index is 11.9. The number of hydrogen-bond donors (Lipinski definition) is 1. The van der Waals surface area contributed by atoms with Crippen molar-refractivity contribution in [1.82, 2.24) is 0 Å². The lowest BCUT2D eigenvalue weighted by Crippen LogP contribution is -2.04. The van der Waals surface area contributed by atoms with E-state index < -0.39 is 26.0 Å². The first-order chi connectivity index (χ1) is 8.80. The minimum Gasteiger partial charge on any atom is -0.276 e. The Morgan fingerprint density at radius 2 is 1.79 bits per heavy atom. The van der Waals surface area contributed by atoms with E-state index in [1.807, 2.05) is 23.0 Å². The van der Waals surface area contributed by atoms with Crippen LogP contribution in [0.15, 0.2) is 44.9 Å². The normalized spacial score (nSPS) is 16.1. The van der Waals surface area contributed by atoms with Crippen LogP contribution in [0.5, 0.6) is 0 Å². The fourth-order valence-corrected chi connectivity index (χ4v) is 5.32. The van der Waals surface area contributed by atoms with E-state index in [1.165, 1.54) is 6.07 Å². The summed E-state index contributed by atoms with van der Waals surface area (Å²) in [7, 11) is -4.17. The van der Waals surface area contributed by atoms with Gasteiger partial charge >= 0.3 is 0 Å². The van der Waals surface area contributed by atoms with Gasteiger partial charge in [0.15, 0.2) is 9.84 Å². The van der Waals surface area contributed by atoms with Crippen molar-refractivity contribution < 1.29 is 13.2 Å². The first kappa shape index (κ1) is 14.4. The van der Waals surface area contributed by atoms with E-state index in [0.717, 1.165) is 11.2 Å². The first-order valence-electron chi connectivity index (χ1n) is 5.48. The lowest BCUT2D eigenvalue weighted by Gasteiger charge is -2.17. The summed E-state index contributed by atoms with van der Waals surface area (Å²) in [5.41, 5.74) is 0.937. The van der Waals surface area contributed by atoms with Crippen molar-refractivity contribution in [2.75, 3.05) is 6.26 Å². The highest BCUT2D eigenvalue weighted by atomic mass is 35.5. The summed E-state index contributed by atoms with van der Waals surface area (Å²) in [6.45, 7) is 1.75. The molecule has 0 saturated carbocycles. The minimum absolute atomic E-state index is 0.185. The molecule has 2 rings (SSSR count). The van der Waals surface area contributed by atoms with Gasteiger partial charge in [0.2, 0.25) is 0 Å². The van der Waals surface area contributed by atoms with Crippen molar-refractivity contribution in [2.24, 2.45) is 0 Å². The number of allylic oxidation sites excluding steroid dienone is 2. The molecule has 1 aliphatic rings. The Bertz CT molecular complexity index is 691. The van der Waals surface area contributed by atoms with Gasteiger partial charge in [0.1, 0.15) is 0 Å². The number of halogens is 1. The number of carbonyl (C=O) groups is 1. The van der Waals surface area contributed by atoms with Crippen LogP contribution in [-0.2, 0) is 9.84 Å². The molecule has 1 aromatic rings. The standard InChI is InChI=1S/C13H13ClO3S2/c1-9-7-11(18-5-3-4-6-18)12(19(2,16)17)8-10(9)13(14)15/h3-8,18H,1-2H3. The molecule has 0 aliphatic carbocycles. The van der Waals surface area contributed by atoms with Crippen molar-refractivity contribution in [2.45, 2.75) is 16.7 Å². The molecule has 0 unspecified atom stereocenters. The fourth-order valence-electron chi connectivity index (χ4n) is 1.88. The van der Waals surface area contributed by atoms with Crippen LogP contribution >= 0.6 is 22.5 Å². The Morgan fingerprint density at radius 3 is 2.26 bits per heavy atom. The van der Waals surface area contributed by atoms with Gasteiger partial charge in [-0.1, -0.05) is 12.2 Å². The van der Waals surface area contributed by atoms with Gasteiger partial charge in [-0.3, -0.25) is 4.79 Å². The number of sulfone groups is 1. The molecular weight excluding hydrogens is 304 g/mol. The molecule has 0 saturated heterocycles. The Hall–Kier alpha value is -1.04. The van der Waals surface area contributed by atoms with Gasteiger partial charge in [0.25, 0.3) is 5.24 Å². The average Bonchev–Trinajstić information content (AvgIpc) is 2.79. The van der Waals surface area contributed by atoms with Crippen LogP contribution in [0.3, 0.4) is 0 Å². The molecule has 0 N–H and O–H groups in total. The SMILES string of the molecule is Cc1cc([SH]2C=CC=C2)c(S(C)(=O)=O)cc1C(=O)Cl. The number of rotatable bonds is 3. The molecule has 19 heavy (non-hydrogen) atoms. The summed E-state index contributed by atoms with van der Waals surface area (Å²) in [5.74, 6) is 0. The van der Waals surface area contributed by atoms with Gasteiger partial charge in [-0.15, -0.1) is 0 Å². The first-order valence-corrected chi connectivity index (χ1v) is 9.23. The Morgan fingerprint density at radius 1 is 1.21 bits per heavy atom. The Balaban J connectivity index is 2.72. The van der Waals surface area contributed by atoms with Gasteiger partial charge in [-0.2, -0.15) is 10.9 Å². The summed E-state index contributed by atoms with van der Waals surface area (Å²) in [6, 6.07) is 3.13. The number of benzene rings is 1. The third-order valence-corrected chi connectivity index (χ3v) is 6.20. The fraction of sp³-hybridized carbons (Fsp3) is 0.154. The van der Waals surface area contributed by atoms with Gasteiger partial charge in [-0.25, -0.2) is 8.42 Å². The molecule has 0 amide bonds. The van der Waals surface area contributed by atoms with Gasteiger partial charge in [0, 0.05) is 16.7 Å². The topological polar surface area (TPSA) is 51.2 Å². The second-order valence-electron chi connectivity index (χ2n) is 4.27. The maximum absolute atomic E-state index is 11.9. The summed E-state index contributed by atoms with van der Waals surface area (Å²) in [5, 5.41) is 3.31. The lowest BCUT2D eigenvalue weighted by atomic mass is 10.1. The molecule has 102 valence electrons. The van der Waals surface area contributed by atoms with Crippen molar-refractivity contribution in [3.8, 4) is 0 Å². The molecule has 6 heteroatoms. The van der Waals surface area contributed by atoms with E-state index in [4.69, 9.17) is 11.6 Å². The Labute approximate surface area is 120 Å². The highest BCUT2D eigenvalue weighted by Gasteiger charge is 2.21. The molecule has 0 spiro atoms. The Kier molecular flexibility index (Phi) is 3.90. The average molecular weight is 317 g/mol. The summed E-state index contributed by atoms with van der Waals surface area (Å²) >= 11 is 5.49.